The smallest absolute Gasteiger partial charge is 0.242 e. The van der Waals surface area contributed by atoms with Crippen molar-refractivity contribution < 1.29 is 22.7 Å². The zero-order valence-electron chi connectivity index (χ0n) is 18.3. The number of benzene rings is 2. The first-order valence-electron chi connectivity index (χ1n) is 9.83. The minimum absolute atomic E-state index is 0.0671. The van der Waals surface area contributed by atoms with Crippen molar-refractivity contribution in [3.8, 4) is 5.75 Å². The number of sulfonamides is 1. The number of carbonyl (C=O) groups excluding carboxylic acids is 2. The van der Waals surface area contributed by atoms with Crippen LogP contribution in [0.1, 0.15) is 17.5 Å². The van der Waals surface area contributed by atoms with E-state index in [0.29, 0.717) is 17.1 Å². The molecule has 2 aromatic carbocycles. The van der Waals surface area contributed by atoms with E-state index in [1.54, 1.807) is 24.0 Å². The van der Waals surface area contributed by atoms with Gasteiger partial charge in [0.05, 0.1) is 23.6 Å². The number of amides is 2. The number of hydrogen-bond acceptors (Lipinski definition) is 5. The molecule has 2 aromatic rings. The van der Waals surface area contributed by atoms with Crippen molar-refractivity contribution in [3.05, 3.63) is 47.5 Å². The highest BCUT2D eigenvalue weighted by Gasteiger charge is 2.36. The van der Waals surface area contributed by atoms with Gasteiger partial charge in [0, 0.05) is 32.7 Å². The van der Waals surface area contributed by atoms with E-state index in [1.165, 1.54) is 33.3 Å². The molecule has 1 unspecified atom stereocenters. The number of ether oxygens (including phenoxy) is 1. The van der Waals surface area contributed by atoms with Gasteiger partial charge in [-0.1, -0.05) is 12.1 Å². The molecule has 8 nitrogen and oxygen atoms in total. The molecule has 0 bridgehead atoms. The molecular weight excluding hydrogens is 418 g/mol. The number of nitrogens with one attached hydrogen (secondary N) is 1. The molecule has 0 radical (unpaired) electrons. The molecule has 3 rings (SSSR count). The quantitative estimate of drug-likeness (QED) is 0.737. The Labute approximate surface area is 182 Å². The lowest BCUT2D eigenvalue weighted by Crippen LogP contribution is -2.28. The van der Waals surface area contributed by atoms with Gasteiger partial charge in [-0.15, -0.1) is 0 Å². The topological polar surface area (TPSA) is 96.0 Å². The summed E-state index contributed by atoms with van der Waals surface area (Å²) in [7, 11) is 0.808. The molecule has 1 aliphatic rings. The third-order valence-electron chi connectivity index (χ3n) is 5.37. The first-order chi connectivity index (χ1) is 14.5. The molecule has 9 heteroatoms. The van der Waals surface area contributed by atoms with Crippen LogP contribution in [-0.2, 0) is 19.6 Å². The number of nitrogens with zero attached hydrogens (tertiary/aromatic N) is 2. The molecule has 0 spiro atoms. The van der Waals surface area contributed by atoms with Crippen molar-refractivity contribution in [1.82, 2.24) is 4.31 Å². The van der Waals surface area contributed by atoms with Crippen LogP contribution in [0.3, 0.4) is 0 Å². The Morgan fingerprint density at radius 3 is 2.52 bits per heavy atom. The summed E-state index contributed by atoms with van der Waals surface area (Å²) < 4.78 is 31.3. The molecule has 1 aliphatic heterocycles. The van der Waals surface area contributed by atoms with Crippen molar-refractivity contribution in [3.63, 3.8) is 0 Å². The third kappa shape index (κ3) is 4.57. The molecule has 1 N–H and O–H groups in total. The summed E-state index contributed by atoms with van der Waals surface area (Å²) in [6.45, 7) is 3.93. The lowest BCUT2D eigenvalue weighted by atomic mass is 10.1. The van der Waals surface area contributed by atoms with E-state index in [4.69, 9.17) is 4.74 Å². The van der Waals surface area contributed by atoms with Crippen LogP contribution in [0, 0.1) is 19.8 Å². The van der Waals surface area contributed by atoms with Crippen LogP contribution < -0.4 is 15.0 Å². The first kappa shape index (κ1) is 22.8. The lowest BCUT2D eigenvalue weighted by molar-refractivity contribution is -0.122. The van der Waals surface area contributed by atoms with Gasteiger partial charge < -0.3 is 15.0 Å². The van der Waals surface area contributed by atoms with Gasteiger partial charge in [-0.25, -0.2) is 12.7 Å². The fraction of sp³-hybridized carbons (Fsp3) is 0.364. The average Bonchev–Trinajstić information content (AvgIpc) is 3.11. The largest absolute Gasteiger partial charge is 0.495 e. The van der Waals surface area contributed by atoms with Crippen molar-refractivity contribution in [2.45, 2.75) is 25.2 Å². The van der Waals surface area contributed by atoms with Crippen molar-refractivity contribution >= 4 is 33.2 Å². The van der Waals surface area contributed by atoms with Gasteiger partial charge in [-0.05, 0) is 49.2 Å². The summed E-state index contributed by atoms with van der Waals surface area (Å²) in [5, 5.41) is 2.80. The summed E-state index contributed by atoms with van der Waals surface area (Å²) in [5.41, 5.74) is 2.75. The molecule has 1 atom stereocenters. The van der Waals surface area contributed by atoms with Crippen molar-refractivity contribution in [1.29, 1.82) is 0 Å². The second kappa shape index (κ2) is 8.68. The summed E-state index contributed by atoms with van der Waals surface area (Å²) in [5.74, 6) is -0.488. The third-order valence-corrected chi connectivity index (χ3v) is 7.18. The molecule has 0 saturated carbocycles. The molecule has 1 saturated heterocycles. The van der Waals surface area contributed by atoms with E-state index < -0.39 is 15.9 Å². The molecule has 166 valence electrons. The van der Waals surface area contributed by atoms with Gasteiger partial charge in [0.25, 0.3) is 0 Å². The number of methoxy groups -OCH3 is 1. The summed E-state index contributed by atoms with van der Waals surface area (Å²) in [4.78, 5) is 27.2. The van der Waals surface area contributed by atoms with E-state index in [1.807, 2.05) is 19.1 Å². The minimum atomic E-state index is -3.63. The van der Waals surface area contributed by atoms with Gasteiger partial charge in [-0.3, -0.25) is 9.59 Å². The monoisotopic (exact) mass is 445 g/mol. The predicted molar refractivity (Wildman–Crippen MR) is 119 cm³/mol. The molecule has 2 amide bonds. The van der Waals surface area contributed by atoms with Crippen LogP contribution >= 0.6 is 0 Å². The van der Waals surface area contributed by atoms with E-state index in [9.17, 15) is 18.0 Å². The second-order valence-corrected chi connectivity index (χ2v) is 9.99. The van der Waals surface area contributed by atoms with Crippen LogP contribution in [0.5, 0.6) is 5.75 Å². The average molecular weight is 446 g/mol. The van der Waals surface area contributed by atoms with Gasteiger partial charge in [0.1, 0.15) is 5.75 Å². The Bertz CT molecular complexity index is 1130. The molecule has 1 fully saturated rings. The van der Waals surface area contributed by atoms with Crippen LogP contribution in [0.4, 0.5) is 11.4 Å². The molecule has 1 heterocycles. The van der Waals surface area contributed by atoms with E-state index in [2.05, 4.69) is 5.32 Å². The normalized spacial score (nSPS) is 16.6. The summed E-state index contributed by atoms with van der Waals surface area (Å²) in [6, 6.07) is 10.1. The van der Waals surface area contributed by atoms with Gasteiger partial charge >= 0.3 is 0 Å². The number of aryl methyl sites for hydroxylation is 2. The maximum absolute atomic E-state index is 12.9. The zero-order valence-corrected chi connectivity index (χ0v) is 19.1. The fourth-order valence-corrected chi connectivity index (χ4v) is 4.40. The van der Waals surface area contributed by atoms with Crippen LogP contribution in [0.2, 0.25) is 0 Å². The van der Waals surface area contributed by atoms with Crippen LogP contribution in [0.25, 0.3) is 0 Å². The lowest BCUT2D eigenvalue weighted by Gasteiger charge is -2.20. The van der Waals surface area contributed by atoms with Crippen molar-refractivity contribution in [2.24, 2.45) is 5.92 Å². The van der Waals surface area contributed by atoms with Gasteiger partial charge in [0.15, 0.2) is 0 Å². The SMILES string of the molecule is COc1ccc(C)cc1N1CC(C(=O)Nc2cc(S(=O)(=O)N(C)C)ccc2C)CC1=O. The minimum Gasteiger partial charge on any atom is -0.495 e. The highest BCUT2D eigenvalue weighted by atomic mass is 32.2. The van der Waals surface area contributed by atoms with E-state index in [-0.39, 0.29) is 29.7 Å². The molecule has 0 aliphatic carbocycles. The molecular formula is C22H27N3O5S. The number of carbonyl (C=O) groups is 2. The number of anilines is 2. The highest BCUT2D eigenvalue weighted by Crippen LogP contribution is 2.34. The van der Waals surface area contributed by atoms with Crippen LogP contribution in [0.15, 0.2) is 41.3 Å². The Kier molecular flexibility index (Phi) is 6.38. The fourth-order valence-electron chi connectivity index (χ4n) is 3.47. The van der Waals surface area contributed by atoms with E-state index in [0.717, 1.165) is 15.4 Å². The Balaban J connectivity index is 1.81. The maximum atomic E-state index is 12.9. The van der Waals surface area contributed by atoms with Crippen molar-refractivity contribution in [2.75, 3.05) is 38.0 Å². The Hall–Kier alpha value is -2.91. The van der Waals surface area contributed by atoms with Gasteiger partial charge in [-0.2, -0.15) is 0 Å². The zero-order chi connectivity index (χ0) is 22.9. The molecule has 31 heavy (non-hydrogen) atoms. The maximum Gasteiger partial charge on any atom is 0.242 e. The highest BCUT2D eigenvalue weighted by molar-refractivity contribution is 7.89. The van der Waals surface area contributed by atoms with Gasteiger partial charge in [0.2, 0.25) is 21.8 Å². The molecule has 0 aromatic heterocycles. The number of rotatable bonds is 6. The van der Waals surface area contributed by atoms with E-state index >= 15 is 0 Å². The number of hydrogen-bond donors (Lipinski definition) is 1. The standard InChI is InChI=1S/C22H27N3O5S/c1-14-6-9-20(30-5)19(10-14)25-13-16(11-21(25)26)22(27)23-18-12-17(8-7-15(18)2)31(28,29)24(3)4/h6-10,12,16H,11,13H2,1-5H3,(H,23,27). The summed E-state index contributed by atoms with van der Waals surface area (Å²) in [6.07, 6.45) is 0.0671. The predicted octanol–water partition coefficient (Wildman–Crippen LogP) is 2.55. The Morgan fingerprint density at radius 2 is 1.87 bits per heavy atom. The van der Waals surface area contributed by atoms with Crippen LogP contribution in [-0.4, -0.2) is 52.3 Å². The Morgan fingerprint density at radius 1 is 1.16 bits per heavy atom. The summed E-state index contributed by atoms with van der Waals surface area (Å²) >= 11 is 0. The second-order valence-electron chi connectivity index (χ2n) is 7.83. The first-order valence-corrected chi connectivity index (χ1v) is 11.3.